The quantitative estimate of drug-likeness (QED) is 0.855. The van der Waals surface area contributed by atoms with E-state index in [1.54, 1.807) is 0 Å². The third-order valence-corrected chi connectivity index (χ3v) is 3.32. The highest BCUT2D eigenvalue weighted by molar-refractivity contribution is 5.92. The van der Waals surface area contributed by atoms with Gasteiger partial charge in [0.05, 0.1) is 12.5 Å². The van der Waals surface area contributed by atoms with Crippen molar-refractivity contribution in [3.63, 3.8) is 0 Å². The van der Waals surface area contributed by atoms with Crippen LogP contribution < -0.4 is 15.8 Å². The molecule has 1 aliphatic rings. The SMILES string of the molecule is CCC(CN)C(=O)Nc1ccc2c(c1)CCCO2. The second kappa shape index (κ2) is 5.87. The number of carbonyl (C=O) groups is 1. The predicted molar refractivity (Wildman–Crippen MR) is 71.7 cm³/mol. The van der Waals surface area contributed by atoms with Gasteiger partial charge in [-0.3, -0.25) is 4.79 Å². The number of fused-ring (bicyclic) bond motifs is 1. The van der Waals surface area contributed by atoms with E-state index in [4.69, 9.17) is 10.5 Å². The number of carbonyl (C=O) groups excluding carboxylic acids is 1. The topological polar surface area (TPSA) is 64.4 Å². The van der Waals surface area contributed by atoms with Crippen molar-refractivity contribution in [2.24, 2.45) is 11.7 Å². The summed E-state index contributed by atoms with van der Waals surface area (Å²) < 4.78 is 5.54. The molecule has 0 fully saturated rings. The van der Waals surface area contributed by atoms with E-state index >= 15 is 0 Å². The normalized spacial score (nSPS) is 15.4. The Morgan fingerprint density at radius 3 is 3.11 bits per heavy atom. The fourth-order valence-electron chi connectivity index (χ4n) is 2.14. The van der Waals surface area contributed by atoms with E-state index in [1.807, 2.05) is 25.1 Å². The molecule has 2 rings (SSSR count). The average Bonchev–Trinajstić information content (AvgIpc) is 2.40. The molecular weight excluding hydrogens is 228 g/mol. The molecule has 0 spiro atoms. The first kappa shape index (κ1) is 12.9. The van der Waals surface area contributed by atoms with Gasteiger partial charge in [-0.15, -0.1) is 0 Å². The van der Waals surface area contributed by atoms with Crippen LogP contribution in [0.15, 0.2) is 18.2 Å². The maximum Gasteiger partial charge on any atom is 0.228 e. The zero-order valence-electron chi connectivity index (χ0n) is 10.7. The summed E-state index contributed by atoms with van der Waals surface area (Å²) in [6.07, 6.45) is 2.80. The third-order valence-electron chi connectivity index (χ3n) is 3.32. The molecule has 18 heavy (non-hydrogen) atoms. The Hall–Kier alpha value is -1.55. The minimum Gasteiger partial charge on any atom is -0.493 e. The molecule has 0 radical (unpaired) electrons. The second-order valence-corrected chi connectivity index (χ2v) is 4.60. The van der Waals surface area contributed by atoms with Gasteiger partial charge in [0.1, 0.15) is 5.75 Å². The molecular formula is C14H20N2O2. The first-order valence-corrected chi connectivity index (χ1v) is 6.51. The molecule has 3 N–H and O–H groups in total. The lowest BCUT2D eigenvalue weighted by atomic mass is 10.0. The Bertz CT molecular complexity index is 428. The number of ether oxygens (including phenoxy) is 1. The minimum atomic E-state index is -0.114. The maximum atomic E-state index is 11.9. The lowest BCUT2D eigenvalue weighted by Gasteiger charge is -2.19. The highest BCUT2D eigenvalue weighted by atomic mass is 16.5. The van der Waals surface area contributed by atoms with Crippen LogP contribution in [0.5, 0.6) is 5.75 Å². The fraction of sp³-hybridized carbons (Fsp3) is 0.500. The summed E-state index contributed by atoms with van der Waals surface area (Å²) in [5.41, 5.74) is 7.56. The zero-order chi connectivity index (χ0) is 13.0. The van der Waals surface area contributed by atoms with E-state index in [1.165, 1.54) is 5.56 Å². The third kappa shape index (κ3) is 2.82. The van der Waals surface area contributed by atoms with E-state index in [-0.39, 0.29) is 11.8 Å². The summed E-state index contributed by atoms with van der Waals surface area (Å²) in [5.74, 6) is 0.819. The summed E-state index contributed by atoms with van der Waals surface area (Å²) in [4.78, 5) is 11.9. The van der Waals surface area contributed by atoms with E-state index in [9.17, 15) is 4.79 Å². The number of benzene rings is 1. The monoisotopic (exact) mass is 248 g/mol. The first-order chi connectivity index (χ1) is 8.74. The van der Waals surface area contributed by atoms with Crippen molar-refractivity contribution in [1.29, 1.82) is 0 Å². The van der Waals surface area contributed by atoms with Crippen LogP contribution in [0.4, 0.5) is 5.69 Å². The van der Waals surface area contributed by atoms with Crippen molar-refractivity contribution in [2.45, 2.75) is 26.2 Å². The number of aryl methyl sites for hydroxylation is 1. The fourth-order valence-corrected chi connectivity index (χ4v) is 2.14. The molecule has 1 aromatic carbocycles. The van der Waals surface area contributed by atoms with Gasteiger partial charge in [0, 0.05) is 12.2 Å². The largest absolute Gasteiger partial charge is 0.493 e. The standard InChI is InChI=1S/C14H20N2O2/c1-2-10(9-15)14(17)16-12-5-6-13-11(8-12)4-3-7-18-13/h5-6,8,10H,2-4,7,9,15H2,1H3,(H,16,17). The summed E-state index contributed by atoms with van der Waals surface area (Å²) >= 11 is 0. The molecule has 0 saturated heterocycles. The number of rotatable bonds is 4. The van der Waals surface area contributed by atoms with Gasteiger partial charge in [0.15, 0.2) is 0 Å². The van der Waals surface area contributed by atoms with Crippen molar-refractivity contribution >= 4 is 11.6 Å². The van der Waals surface area contributed by atoms with E-state index in [0.29, 0.717) is 6.54 Å². The summed E-state index contributed by atoms with van der Waals surface area (Å²) in [6.45, 7) is 3.14. The van der Waals surface area contributed by atoms with Crippen LogP contribution >= 0.6 is 0 Å². The first-order valence-electron chi connectivity index (χ1n) is 6.51. The number of anilines is 1. The van der Waals surface area contributed by atoms with Gasteiger partial charge in [-0.1, -0.05) is 6.92 Å². The van der Waals surface area contributed by atoms with Crippen LogP contribution in [-0.2, 0) is 11.2 Å². The molecule has 1 aromatic rings. The van der Waals surface area contributed by atoms with Crippen LogP contribution in [-0.4, -0.2) is 19.1 Å². The van der Waals surface area contributed by atoms with Crippen LogP contribution in [0, 0.1) is 5.92 Å². The summed E-state index contributed by atoms with van der Waals surface area (Å²) in [5, 5.41) is 2.92. The predicted octanol–water partition coefficient (Wildman–Crippen LogP) is 1.93. The number of amides is 1. The lowest BCUT2D eigenvalue weighted by molar-refractivity contribution is -0.119. The highest BCUT2D eigenvalue weighted by Gasteiger charge is 2.16. The molecule has 1 unspecified atom stereocenters. The zero-order valence-corrected chi connectivity index (χ0v) is 10.7. The van der Waals surface area contributed by atoms with Crippen LogP contribution in [0.2, 0.25) is 0 Å². The van der Waals surface area contributed by atoms with Gasteiger partial charge in [0.25, 0.3) is 0 Å². The Kier molecular flexibility index (Phi) is 4.20. The Labute approximate surface area is 108 Å². The molecule has 4 nitrogen and oxygen atoms in total. The van der Waals surface area contributed by atoms with Crippen LogP contribution in [0.25, 0.3) is 0 Å². The smallest absolute Gasteiger partial charge is 0.228 e. The summed E-state index contributed by atoms with van der Waals surface area (Å²) in [6, 6.07) is 5.80. The molecule has 98 valence electrons. The van der Waals surface area contributed by atoms with Gasteiger partial charge in [-0.2, -0.15) is 0 Å². The minimum absolute atomic E-state index is 0.00308. The molecule has 1 heterocycles. The van der Waals surface area contributed by atoms with Gasteiger partial charge in [-0.05, 0) is 43.0 Å². The maximum absolute atomic E-state index is 11.9. The number of hydrogen-bond acceptors (Lipinski definition) is 3. The molecule has 0 saturated carbocycles. The van der Waals surface area contributed by atoms with Gasteiger partial charge < -0.3 is 15.8 Å². The summed E-state index contributed by atoms with van der Waals surface area (Å²) in [7, 11) is 0. The van der Waals surface area contributed by atoms with Crippen molar-refractivity contribution < 1.29 is 9.53 Å². The molecule has 0 aromatic heterocycles. The Morgan fingerprint density at radius 2 is 2.39 bits per heavy atom. The molecule has 4 heteroatoms. The van der Waals surface area contributed by atoms with Crippen molar-refractivity contribution in [3.8, 4) is 5.75 Å². The van der Waals surface area contributed by atoms with E-state index < -0.39 is 0 Å². The van der Waals surface area contributed by atoms with Crippen molar-refractivity contribution in [1.82, 2.24) is 0 Å². The Morgan fingerprint density at radius 1 is 1.56 bits per heavy atom. The number of nitrogens with one attached hydrogen (secondary N) is 1. The molecule has 0 bridgehead atoms. The Balaban J connectivity index is 2.08. The number of nitrogens with two attached hydrogens (primary N) is 1. The molecule has 1 atom stereocenters. The van der Waals surface area contributed by atoms with E-state index in [0.717, 1.165) is 37.3 Å². The average molecular weight is 248 g/mol. The number of hydrogen-bond donors (Lipinski definition) is 2. The second-order valence-electron chi connectivity index (χ2n) is 4.60. The van der Waals surface area contributed by atoms with Crippen LogP contribution in [0.3, 0.4) is 0 Å². The highest BCUT2D eigenvalue weighted by Crippen LogP contribution is 2.27. The van der Waals surface area contributed by atoms with Gasteiger partial charge in [0.2, 0.25) is 5.91 Å². The van der Waals surface area contributed by atoms with Crippen molar-refractivity contribution in [3.05, 3.63) is 23.8 Å². The van der Waals surface area contributed by atoms with Gasteiger partial charge in [-0.25, -0.2) is 0 Å². The molecule has 1 aliphatic heterocycles. The van der Waals surface area contributed by atoms with E-state index in [2.05, 4.69) is 5.32 Å². The van der Waals surface area contributed by atoms with Crippen molar-refractivity contribution in [2.75, 3.05) is 18.5 Å². The lowest BCUT2D eigenvalue weighted by Crippen LogP contribution is -2.28. The van der Waals surface area contributed by atoms with Gasteiger partial charge >= 0.3 is 0 Å². The van der Waals surface area contributed by atoms with Crippen LogP contribution in [0.1, 0.15) is 25.3 Å². The molecule has 0 aliphatic carbocycles. The molecule has 1 amide bonds.